The minimum absolute atomic E-state index is 0.00232. The maximum Gasteiger partial charge on any atom is 0.288 e. The summed E-state index contributed by atoms with van der Waals surface area (Å²) in [5.41, 5.74) is 1.85. The lowest BCUT2D eigenvalue weighted by atomic mass is 9.80. The molecule has 5 nitrogen and oxygen atoms in total. The molecular weight excluding hydrogens is 330 g/mol. The van der Waals surface area contributed by atoms with Gasteiger partial charge < -0.3 is 19.5 Å². The van der Waals surface area contributed by atoms with E-state index in [9.17, 15) is 9.90 Å². The Balaban J connectivity index is 2.44. The Bertz CT molecular complexity index is 672. The highest BCUT2D eigenvalue weighted by Crippen LogP contribution is 2.39. The van der Waals surface area contributed by atoms with Gasteiger partial charge in [0, 0.05) is 44.7 Å². The molecule has 1 aliphatic rings. The Morgan fingerprint density at radius 1 is 1.35 bits per heavy atom. The number of rotatable bonds is 7. The van der Waals surface area contributed by atoms with Crippen LogP contribution in [0.3, 0.4) is 0 Å². The van der Waals surface area contributed by atoms with Crippen molar-refractivity contribution >= 4 is 5.91 Å². The van der Waals surface area contributed by atoms with Crippen molar-refractivity contribution in [2.45, 2.75) is 32.0 Å². The van der Waals surface area contributed by atoms with Gasteiger partial charge in [-0.05, 0) is 43.5 Å². The molecule has 3 atom stereocenters. The third kappa shape index (κ3) is 4.66. The predicted octanol–water partition coefficient (Wildman–Crippen LogP) is 2.51. The van der Waals surface area contributed by atoms with Gasteiger partial charge in [0.1, 0.15) is 0 Å². The van der Waals surface area contributed by atoms with Crippen molar-refractivity contribution in [2.75, 3.05) is 27.3 Å². The number of benzene rings is 1. The van der Waals surface area contributed by atoms with Crippen LogP contribution >= 0.6 is 0 Å². The molecule has 5 heteroatoms. The van der Waals surface area contributed by atoms with E-state index in [0.29, 0.717) is 18.8 Å². The van der Waals surface area contributed by atoms with Gasteiger partial charge in [-0.3, -0.25) is 4.79 Å². The zero-order valence-corrected chi connectivity index (χ0v) is 15.6. The molecule has 1 amide bonds. The largest absolute Gasteiger partial charge is 0.459 e. The lowest BCUT2D eigenvalue weighted by Gasteiger charge is -2.37. The number of ether oxygens (including phenoxy) is 2. The van der Waals surface area contributed by atoms with Crippen LogP contribution in [0.4, 0.5) is 0 Å². The van der Waals surface area contributed by atoms with Crippen LogP contribution in [0.15, 0.2) is 36.1 Å². The number of nitrogens with zero attached hydrogens (tertiary/aromatic N) is 1. The average molecular weight is 357 g/mol. The first kappa shape index (κ1) is 20.0. The molecule has 0 unspecified atom stereocenters. The van der Waals surface area contributed by atoms with Crippen LogP contribution in [0, 0.1) is 18.3 Å². The van der Waals surface area contributed by atoms with Gasteiger partial charge in [-0.1, -0.05) is 18.1 Å². The minimum Gasteiger partial charge on any atom is -0.459 e. The smallest absolute Gasteiger partial charge is 0.288 e. The Morgan fingerprint density at radius 3 is 2.58 bits per heavy atom. The van der Waals surface area contributed by atoms with Crippen LogP contribution in [-0.2, 0) is 14.3 Å². The molecular formula is C21H27NO4. The summed E-state index contributed by atoms with van der Waals surface area (Å²) in [5, 5.41) is 9.27. The van der Waals surface area contributed by atoms with Gasteiger partial charge in [0.15, 0.2) is 5.76 Å². The summed E-state index contributed by atoms with van der Waals surface area (Å²) in [6, 6.07) is 7.75. The van der Waals surface area contributed by atoms with Crippen molar-refractivity contribution in [2.24, 2.45) is 5.92 Å². The summed E-state index contributed by atoms with van der Waals surface area (Å²) in [5.74, 6) is 2.65. The second-order valence-corrected chi connectivity index (χ2v) is 6.49. The molecule has 1 aromatic rings. The van der Waals surface area contributed by atoms with Gasteiger partial charge >= 0.3 is 0 Å². The van der Waals surface area contributed by atoms with E-state index >= 15 is 0 Å². The van der Waals surface area contributed by atoms with E-state index in [-0.39, 0.29) is 24.3 Å². The van der Waals surface area contributed by atoms with Crippen LogP contribution in [0.5, 0.6) is 0 Å². The molecule has 1 aromatic carbocycles. The fourth-order valence-corrected chi connectivity index (χ4v) is 3.16. The van der Waals surface area contributed by atoms with E-state index in [4.69, 9.17) is 15.9 Å². The number of aliphatic hydroxyl groups is 1. The molecule has 0 bridgehead atoms. The van der Waals surface area contributed by atoms with Gasteiger partial charge in [0.05, 0.1) is 0 Å². The van der Waals surface area contributed by atoms with Crippen LogP contribution in [0.1, 0.15) is 36.8 Å². The third-order valence-corrected chi connectivity index (χ3v) is 4.49. The Hall–Kier alpha value is -2.29. The molecule has 0 saturated heterocycles. The molecule has 1 heterocycles. The SMILES string of the molecule is C#Cc1ccc([C@@H]2C=C(C(=O)N(C)C)O[C@H](OCC)[C@H]2CCCO)cc1. The Kier molecular flexibility index (Phi) is 7.26. The first-order valence-corrected chi connectivity index (χ1v) is 8.91. The van der Waals surface area contributed by atoms with Crippen molar-refractivity contribution in [1.82, 2.24) is 4.90 Å². The van der Waals surface area contributed by atoms with Crippen molar-refractivity contribution in [3.05, 3.63) is 47.2 Å². The lowest BCUT2D eigenvalue weighted by molar-refractivity contribution is -0.169. The van der Waals surface area contributed by atoms with E-state index in [1.165, 1.54) is 4.90 Å². The zero-order chi connectivity index (χ0) is 19.1. The molecule has 0 saturated carbocycles. The monoisotopic (exact) mass is 357 g/mol. The Morgan fingerprint density at radius 2 is 2.04 bits per heavy atom. The number of hydrogen-bond acceptors (Lipinski definition) is 4. The summed E-state index contributed by atoms with van der Waals surface area (Å²) in [7, 11) is 3.38. The van der Waals surface area contributed by atoms with Crippen LogP contribution < -0.4 is 0 Å². The standard InChI is InChI=1S/C21H27NO4/c1-5-15-9-11-16(12-10-15)18-14-19(20(24)22(3)4)26-21(25-6-2)17(18)8-7-13-23/h1,9-12,14,17-18,21,23H,6-8,13H2,2-4H3/t17-,18-,21-/m0/s1. The van der Waals surface area contributed by atoms with E-state index < -0.39 is 6.29 Å². The number of amides is 1. The molecule has 0 fully saturated rings. The minimum atomic E-state index is -0.534. The zero-order valence-electron chi connectivity index (χ0n) is 15.6. The average Bonchev–Trinajstić information content (AvgIpc) is 2.66. The summed E-state index contributed by atoms with van der Waals surface area (Å²) in [4.78, 5) is 13.9. The lowest BCUT2D eigenvalue weighted by Crippen LogP contribution is -2.38. The summed E-state index contributed by atoms with van der Waals surface area (Å²) in [6.07, 6.45) is 8.14. The second kappa shape index (κ2) is 9.42. The van der Waals surface area contributed by atoms with Gasteiger partial charge in [-0.25, -0.2) is 0 Å². The molecule has 1 N–H and O–H groups in total. The number of hydrogen-bond donors (Lipinski definition) is 1. The highest BCUT2D eigenvalue weighted by Gasteiger charge is 2.38. The van der Waals surface area contributed by atoms with Gasteiger partial charge in [0.25, 0.3) is 5.91 Å². The highest BCUT2D eigenvalue weighted by atomic mass is 16.7. The number of allylic oxidation sites excluding steroid dienone is 1. The topological polar surface area (TPSA) is 59.0 Å². The van der Waals surface area contributed by atoms with Gasteiger partial charge in [-0.15, -0.1) is 6.42 Å². The van der Waals surface area contributed by atoms with Gasteiger partial charge in [0.2, 0.25) is 6.29 Å². The molecule has 0 spiro atoms. The van der Waals surface area contributed by atoms with E-state index in [1.54, 1.807) is 14.1 Å². The molecule has 26 heavy (non-hydrogen) atoms. The predicted molar refractivity (Wildman–Crippen MR) is 100 cm³/mol. The fraction of sp³-hybridized carbons (Fsp3) is 0.476. The van der Waals surface area contributed by atoms with Crippen molar-refractivity contribution in [1.29, 1.82) is 0 Å². The molecule has 0 radical (unpaired) electrons. The first-order chi connectivity index (χ1) is 12.5. The normalized spacial score (nSPS) is 22.1. The maximum absolute atomic E-state index is 12.5. The number of aliphatic hydroxyl groups excluding tert-OH is 1. The molecule has 1 aliphatic heterocycles. The summed E-state index contributed by atoms with van der Waals surface area (Å²) >= 11 is 0. The van der Waals surface area contributed by atoms with Crippen molar-refractivity contribution in [3.63, 3.8) is 0 Å². The van der Waals surface area contributed by atoms with Crippen molar-refractivity contribution < 1.29 is 19.4 Å². The molecule has 0 aromatic heterocycles. The number of carbonyl (C=O) groups is 1. The third-order valence-electron chi connectivity index (χ3n) is 4.49. The second-order valence-electron chi connectivity index (χ2n) is 6.49. The number of carbonyl (C=O) groups excluding carboxylic acids is 1. The highest BCUT2D eigenvalue weighted by molar-refractivity contribution is 5.91. The molecule has 140 valence electrons. The Labute approximate surface area is 155 Å². The van der Waals surface area contributed by atoms with Crippen LogP contribution in [0.2, 0.25) is 0 Å². The quantitative estimate of drug-likeness (QED) is 0.762. The number of likely N-dealkylation sites (N-methyl/N-ethyl adjacent to an activating group) is 1. The maximum atomic E-state index is 12.5. The first-order valence-electron chi connectivity index (χ1n) is 8.91. The molecule has 2 rings (SSSR count). The van der Waals surface area contributed by atoms with E-state index in [0.717, 1.165) is 17.5 Å². The molecule has 0 aliphatic carbocycles. The summed E-state index contributed by atoms with van der Waals surface area (Å²) in [6.45, 7) is 2.48. The van der Waals surface area contributed by atoms with Crippen LogP contribution in [0.25, 0.3) is 0 Å². The van der Waals surface area contributed by atoms with Crippen LogP contribution in [-0.4, -0.2) is 49.5 Å². The van der Waals surface area contributed by atoms with E-state index in [1.807, 2.05) is 37.3 Å². The fourth-order valence-electron chi connectivity index (χ4n) is 3.16. The van der Waals surface area contributed by atoms with Gasteiger partial charge in [-0.2, -0.15) is 0 Å². The van der Waals surface area contributed by atoms with E-state index in [2.05, 4.69) is 5.92 Å². The summed E-state index contributed by atoms with van der Waals surface area (Å²) < 4.78 is 11.7. The number of terminal acetylenes is 1. The van der Waals surface area contributed by atoms with Crippen molar-refractivity contribution in [3.8, 4) is 12.3 Å².